The highest BCUT2D eigenvalue weighted by molar-refractivity contribution is 7.90. The zero-order chi connectivity index (χ0) is 26.1. The summed E-state index contributed by atoms with van der Waals surface area (Å²) in [5.74, 6) is -0.830. The lowest BCUT2D eigenvalue weighted by Crippen LogP contribution is -2.31. The van der Waals surface area contributed by atoms with Gasteiger partial charge in [-0.2, -0.15) is 13.2 Å². The Hall–Kier alpha value is -2.57. The van der Waals surface area contributed by atoms with Crippen molar-refractivity contribution in [1.29, 1.82) is 0 Å². The second-order valence-corrected chi connectivity index (χ2v) is 9.78. The number of ether oxygens (including phenoxy) is 2. The standard InChI is InChI=1S/C22H27ClF3N3O5S/c1-3-4-5-12-35(31,32)28-20(30)9-8-18-14-21(34-11-10-33-2)27-29(18)15-16-6-7-17(13-19(16)23)22(24,25)26/h6-9,13-14H,3-5,10-12,15H2,1-2H3,(H,28,30). The van der Waals surface area contributed by atoms with Crippen LogP contribution in [0.1, 0.15) is 43.0 Å². The van der Waals surface area contributed by atoms with Crippen molar-refractivity contribution in [2.45, 2.75) is 38.9 Å². The van der Waals surface area contributed by atoms with Gasteiger partial charge in [0.1, 0.15) is 6.61 Å². The van der Waals surface area contributed by atoms with E-state index in [9.17, 15) is 26.4 Å². The molecule has 0 saturated carbocycles. The summed E-state index contributed by atoms with van der Waals surface area (Å²) in [4.78, 5) is 12.2. The van der Waals surface area contributed by atoms with Crippen LogP contribution < -0.4 is 9.46 Å². The molecule has 0 aliphatic heterocycles. The van der Waals surface area contributed by atoms with E-state index in [-0.39, 0.29) is 29.8 Å². The van der Waals surface area contributed by atoms with Gasteiger partial charge in [-0.25, -0.2) is 13.1 Å². The number of rotatable bonds is 13. The first-order valence-corrected chi connectivity index (χ1v) is 12.8. The molecular formula is C22H27ClF3N3O5S. The lowest BCUT2D eigenvalue weighted by Gasteiger charge is -2.11. The monoisotopic (exact) mass is 537 g/mol. The van der Waals surface area contributed by atoms with Gasteiger partial charge >= 0.3 is 6.18 Å². The molecule has 1 heterocycles. The molecule has 1 aromatic carbocycles. The molecular weight excluding hydrogens is 511 g/mol. The molecule has 1 aromatic heterocycles. The fraction of sp³-hybridized carbons (Fsp3) is 0.455. The Morgan fingerprint density at radius 1 is 1.23 bits per heavy atom. The summed E-state index contributed by atoms with van der Waals surface area (Å²) < 4.78 is 76.5. The van der Waals surface area contributed by atoms with E-state index in [0.717, 1.165) is 31.1 Å². The van der Waals surface area contributed by atoms with Gasteiger partial charge < -0.3 is 9.47 Å². The lowest BCUT2D eigenvalue weighted by molar-refractivity contribution is -0.137. The Morgan fingerprint density at radius 3 is 2.60 bits per heavy atom. The van der Waals surface area contributed by atoms with Crippen molar-refractivity contribution in [1.82, 2.24) is 14.5 Å². The fourth-order valence-electron chi connectivity index (χ4n) is 2.92. The molecule has 0 spiro atoms. The molecule has 0 aliphatic carbocycles. The Labute approximate surface area is 207 Å². The molecule has 0 saturated heterocycles. The quantitative estimate of drug-likeness (QED) is 0.302. The zero-order valence-corrected chi connectivity index (χ0v) is 20.8. The fourth-order valence-corrected chi connectivity index (χ4v) is 4.22. The lowest BCUT2D eigenvalue weighted by atomic mass is 10.1. The number of alkyl halides is 3. The molecule has 8 nitrogen and oxygen atoms in total. The number of unbranched alkanes of at least 4 members (excludes halogenated alkanes) is 2. The average Bonchev–Trinajstić information content (AvgIpc) is 3.14. The second kappa shape index (κ2) is 12.9. The first-order valence-electron chi connectivity index (χ1n) is 10.7. The summed E-state index contributed by atoms with van der Waals surface area (Å²) in [7, 11) is -2.27. The van der Waals surface area contributed by atoms with Crippen LogP contribution in [0.25, 0.3) is 6.08 Å². The van der Waals surface area contributed by atoms with E-state index >= 15 is 0 Å². The summed E-state index contributed by atoms with van der Waals surface area (Å²) in [6, 6.07) is 4.46. The molecule has 194 valence electrons. The number of carbonyl (C=O) groups is 1. The maximum Gasteiger partial charge on any atom is 0.416 e. The maximum atomic E-state index is 12.9. The highest BCUT2D eigenvalue weighted by atomic mass is 35.5. The van der Waals surface area contributed by atoms with Gasteiger partial charge in [0.25, 0.3) is 5.91 Å². The summed E-state index contributed by atoms with van der Waals surface area (Å²) in [5, 5.41) is 4.14. The number of benzene rings is 1. The minimum Gasteiger partial charge on any atom is -0.474 e. The molecule has 13 heteroatoms. The number of hydrogen-bond acceptors (Lipinski definition) is 6. The van der Waals surface area contributed by atoms with Crippen LogP contribution in [-0.4, -0.2) is 50.2 Å². The number of sulfonamides is 1. The first kappa shape index (κ1) is 28.7. The number of amides is 1. The number of carbonyl (C=O) groups excluding carboxylic acids is 1. The van der Waals surface area contributed by atoms with Gasteiger partial charge in [0.05, 0.1) is 30.2 Å². The molecule has 2 rings (SSSR count). The number of hydrogen-bond donors (Lipinski definition) is 1. The molecule has 35 heavy (non-hydrogen) atoms. The Balaban J connectivity index is 2.23. The highest BCUT2D eigenvalue weighted by Crippen LogP contribution is 2.32. The zero-order valence-electron chi connectivity index (χ0n) is 19.3. The maximum absolute atomic E-state index is 12.9. The molecule has 0 bridgehead atoms. The second-order valence-electron chi connectivity index (χ2n) is 7.54. The molecule has 1 amide bonds. The van der Waals surface area contributed by atoms with Gasteiger partial charge in [-0.05, 0) is 30.2 Å². The minimum absolute atomic E-state index is 0.0266. The van der Waals surface area contributed by atoms with Gasteiger partial charge in [-0.1, -0.05) is 37.4 Å². The van der Waals surface area contributed by atoms with Crippen molar-refractivity contribution in [2.75, 3.05) is 26.1 Å². The van der Waals surface area contributed by atoms with Gasteiger partial charge in [0.15, 0.2) is 0 Å². The van der Waals surface area contributed by atoms with Gasteiger partial charge in [0, 0.05) is 24.3 Å². The summed E-state index contributed by atoms with van der Waals surface area (Å²) in [6.45, 7) is 2.39. The Bertz CT molecular complexity index is 1130. The van der Waals surface area contributed by atoms with E-state index in [0.29, 0.717) is 24.3 Å². The summed E-state index contributed by atoms with van der Waals surface area (Å²) in [6.07, 6.45) is -0.184. The minimum atomic E-state index is -4.53. The third-order valence-corrected chi connectivity index (χ3v) is 6.39. The van der Waals surface area contributed by atoms with E-state index in [4.69, 9.17) is 21.1 Å². The van der Waals surface area contributed by atoms with E-state index in [1.165, 1.54) is 30.0 Å². The molecule has 0 fully saturated rings. The highest BCUT2D eigenvalue weighted by Gasteiger charge is 2.31. The Morgan fingerprint density at radius 2 is 1.97 bits per heavy atom. The summed E-state index contributed by atoms with van der Waals surface area (Å²) in [5.41, 5.74) is -0.192. The van der Waals surface area contributed by atoms with Crippen LogP contribution in [-0.2, 0) is 32.3 Å². The third-order valence-electron chi connectivity index (χ3n) is 4.70. The first-order chi connectivity index (χ1) is 16.4. The Kier molecular flexibility index (Phi) is 10.6. The number of aromatic nitrogens is 2. The van der Waals surface area contributed by atoms with Crippen molar-refractivity contribution in [3.8, 4) is 5.88 Å². The topological polar surface area (TPSA) is 99.5 Å². The third kappa shape index (κ3) is 9.54. The normalized spacial score (nSPS) is 12.3. The van der Waals surface area contributed by atoms with Crippen molar-refractivity contribution in [3.05, 3.63) is 52.2 Å². The smallest absolute Gasteiger partial charge is 0.416 e. The van der Waals surface area contributed by atoms with Crippen LogP contribution in [0.3, 0.4) is 0 Å². The van der Waals surface area contributed by atoms with Crippen molar-refractivity contribution in [3.63, 3.8) is 0 Å². The van der Waals surface area contributed by atoms with Crippen LogP contribution in [0.15, 0.2) is 30.3 Å². The van der Waals surface area contributed by atoms with E-state index in [1.54, 1.807) is 0 Å². The van der Waals surface area contributed by atoms with Crippen molar-refractivity contribution >= 4 is 33.6 Å². The van der Waals surface area contributed by atoms with Gasteiger partial charge in [-0.15, -0.1) is 5.10 Å². The van der Waals surface area contributed by atoms with E-state index in [2.05, 4.69) is 5.10 Å². The van der Waals surface area contributed by atoms with Crippen LogP contribution >= 0.6 is 11.6 Å². The molecule has 0 aliphatic rings. The van der Waals surface area contributed by atoms with Crippen LogP contribution in [0, 0.1) is 0 Å². The predicted molar refractivity (Wildman–Crippen MR) is 126 cm³/mol. The van der Waals surface area contributed by atoms with Crippen molar-refractivity contribution in [2.24, 2.45) is 0 Å². The largest absolute Gasteiger partial charge is 0.474 e. The number of nitrogens with one attached hydrogen (secondary N) is 1. The number of methoxy groups -OCH3 is 1. The van der Waals surface area contributed by atoms with Gasteiger partial charge in [-0.3, -0.25) is 9.48 Å². The van der Waals surface area contributed by atoms with Crippen LogP contribution in [0.5, 0.6) is 5.88 Å². The molecule has 0 atom stereocenters. The van der Waals surface area contributed by atoms with Crippen LogP contribution in [0.4, 0.5) is 13.2 Å². The summed E-state index contributed by atoms with van der Waals surface area (Å²) >= 11 is 6.06. The van der Waals surface area contributed by atoms with Crippen LogP contribution in [0.2, 0.25) is 5.02 Å². The predicted octanol–water partition coefficient (Wildman–Crippen LogP) is 4.28. The number of halogens is 4. The molecule has 2 aromatic rings. The van der Waals surface area contributed by atoms with Gasteiger partial charge in [0.2, 0.25) is 15.9 Å². The number of nitrogens with zero attached hydrogens (tertiary/aromatic N) is 2. The molecule has 0 unspecified atom stereocenters. The van der Waals surface area contributed by atoms with Crippen molar-refractivity contribution < 1.29 is 35.9 Å². The molecule has 0 radical (unpaired) electrons. The van der Waals surface area contributed by atoms with E-state index < -0.39 is 27.7 Å². The average molecular weight is 538 g/mol. The van der Waals surface area contributed by atoms with E-state index in [1.807, 2.05) is 11.6 Å². The SMILES string of the molecule is CCCCCS(=O)(=O)NC(=O)C=Cc1cc(OCCOC)nn1Cc1ccc(C(F)(F)F)cc1Cl. The molecule has 1 N–H and O–H groups in total.